The predicted octanol–water partition coefficient (Wildman–Crippen LogP) is 3.23. The van der Waals surface area contributed by atoms with Crippen LogP contribution in [0.25, 0.3) is 11.3 Å². The Balaban J connectivity index is 1.32. The average molecular weight is 392 g/mol. The van der Waals surface area contributed by atoms with E-state index in [0.717, 1.165) is 29.7 Å². The highest BCUT2D eigenvalue weighted by molar-refractivity contribution is 5.79. The molecule has 1 aliphatic carbocycles. The molecule has 7 heteroatoms. The third-order valence-electron chi connectivity index (χ3n) is 5.38. The van der Waals surface area contributed by atoms with E-state index in [4.69, 9.17) is 9.47 Å². The maximum absolute atomic E-state index is 12.5. The van der Waals surface area contributed by atoms with Gasteiger partial charge in [-0.05, 0) is 18.9 Å². The molecule has 2 aromatic carbocycles. The van der Waals surface area contributed by atoms with Crippen molar-refractivity contribution in [2.24, 2.45) is 5.92 Å². The number of amides is 1. The summed E-state index contributed by atoms with van der Waals surface area (Å²) < 4.78 is 12.6. The second-order valence-electron chi connectivity index (χ2n) is 7.14. The molecule has 1 fully saturated rings. The normalized spacial score (nSPS) is 18.0. The minimum absolute atomic E-state index is 0.0130. The Morgan fingerprint density at radius 3 is 2.62 bits per heavy atom. The van der Waals surface area contributed by atoms with Gasteiger partial charge in [0.25, 0.3) is 0 Å². The molecule has 4 rings (SSSR count). The zero-order valence-corrected chi connectivity index (χ0v) is 16.5. The predicted molar refractivity (Wildman–Crippen MR) is 109 cm³/mol. The van der Waals surface area contributed by atoms with Crippen molar-refractivity contribution in [2.75, 3.05) is 14.2 Å². The second kappa shape index (κ2) is 8.34. The van der Waals surface area contributed by atoms with Crippen LogP contribution in [0.4, 0.5) is 0 Å². The van der Waals surface area contributed by atoms with E-state index in [2.05, 4.69) is 15.6 Å². The lowest BCUT2D eigenvalue weighted by molar-refractivity contribution is -0.129. The fourth-order valence-corrected chi connectivity index (χ4v) is 3.63. The van der Waals surface area contributed by atoms with Crippen LogP contribution in [0.5, 0.6) is 11.5 Å². The number of carbonyl (C=O) groups excluding carboxylic acids is 1. The number of carbonyl (C=O) groups is 1. The Labute approximate surface area is 169 Å². The first kappa shape index (κ1) is 19.0. The fraction of sp³-hybridized carbons (Fsp3) is 0.318. The van der Waals surface area contributed by atoms with E-state index in [1.54, 1.807) is 14.2 Å². The van der Waals surface area contributed by atoms with Gasteiger partial charge in [0.15, 0.2) is 11.5 Å². The molecule has 1 aliphatic rings. The molecule has 0 unspecified atom stereocenters. The number of hydrogen-bond donors (Lipinski definition) is 1. The summed E-state index contributed by atoms with van der Waals surface area (Å²) in [6.45, 7) is 0.405. The Bertz CT molecular complexity index is 981. The minimum atomic E-state index is -0.0130. The van der Waals surface area contributed by atoms with Crippen LogP contribution in [0.15, 0.2) is 54.7 Å². The van der Waals surface area contributed by atoms with Crippen molar-refractivity contribution in [1.82, 2.24) is 20.3 Å². The van der Waals surface area contributed by atoms with Crippen LogP contribution in [0, 0.1) is 5.92 Å². The fourth-order valence-electron chi connectivity index (χ4n) is 3.63. The highest BCUT2D eigenvalue weighted by Gasteiger charge is 2.36. The Kier molecular flexibility index (Phi) is 5.46. The Morgan fingerprint density at radius 2 is 1.90 bits per heavy atom. The van der Waals surface area contributed by atoms with Gasteiger partial charge in [0.05, 0.1) is 26.5 Å². The zero-order chi connectivity index (χ0) is 20.2. The Morgan fingerprint density at radius 1 is 1.10 bits per heavy atom. The number of benzene rings is 2. The summed E-state index contributed by atoms with van der Waals surface area (Å²) in [5.41, 5.74) is 2.78. The Hall–Kier alpha value is -3.35. The van der Waals surface area contributed by atoms with E-state index >= 15 is 0 Å². The maximum atomic E-state index is 12.5. The van der Waals surface area contributed by atoms with Crippen LogP contribution in [0.2, 0.25) is 0 Å². The lowest BCUT2D eigenvalue weighted by Crippen LogP contribution is -2.39. The van der Waals surface area contributed by atoms with E-state index in [1.165, 1.54) is 0 Å². The van der Waals surface area contributed by atoms with E-state index in [9.17, 15) is 4.79 Å². The standard InChI is InChI=1S/C22H24N4O3/c1-28-20-10-6-9-16(21(20)29-2)13-23-22(27)17-11-18(12-17)26-14-19(24-25-26)15-7-4-3-5-8-15/h3-10,14,17-18H,11-13H2,1-2H3,(H,23,27). The number of methoxy groups -OCH3 is 2. The van der Waals surface area contributed by atoms with Crippen molar-refractivity contribution in [1.29, 1.82) is 0 Å². The molecule has 0 radical (unpaired) electrons. The van der Waals surface area contributed by atoms with Gasteiger partial charge < -0.3 is 14.8 Å². The number of aromatic nitrogens is 3. The van der Waals surface area contributed by atoms with E-state index in [-0.39, 0.29) is 17.9 Å². The van der Waals surface area contributed by atoms with Gasteiger partial charge in [-0.2, -0.15) is 0 Å². The van der Waals surface area contributed by atoms with Gasteiger partial charge in [0.2, 0.25) is 5.91 Å². The number of nitrogens with one attached hydrogen (secondary N) is 1. The van der Waals surface area contributed by atoms with Crippen molar-refractivity contribution >= 4 is 5.91 Å². The average Bonchev–Trinajstić information content (AvgIpc) is 3.21. The van der Waals surface area contributed by atoms with Crippen molar-refractivity contribution in [3.05, 3.63) is 60.3 Å². The molecule has 1 saturated carbocycles. The largest absolute Gasteiger partial charge is 0.493 e. The van der Waals surface area contributed by atoms with E-state index in [0.29, 0.717) is 18.0 Å². The van der Waals surface area contributed by atoms with Crippen molar-refractivity contribution in [3.63, 3.8) is 0 Å². The summed E-state index contributed by atoms with van der Waals surface area (Å²) in [6, 6.07) is 15.8. The van der Waals surface area contributed by atoms with Crippen LogP contribution >= 0.6 is 0 Å². The summed E-state index contributed by atoms with van der Waals surface area (Å²) in [5, 5.41) is 11.5. The van der Waals surface area contributed by atoms with Crippen molar-refractivity contribution < 1.29 is 14.3 Å². The molecule has 0 aliphatic heterocycles. The highest BCUT2D eigenvalue weighted by Crippen LogP contribution is 2.38. The van der Waals surface area contributed by atoms with Gasteiger partial charge in [-0.3, -0.25) is 4.79 Å². The van der Waals surface area contributed by atoms with Crippen LogP contribution < -0.4 is 14.8 Å². The molecule has 0 bridgehead atoms. The first-order valence-electron chi connectivity index (χ1n) is 9.64. The molecule has 29 heavy (non-hydrogen) atoms. The second-order valence-corrected chi connectivity index (χ2v) is 7.14. The highest BCUT2D eigenvalue weighted by atomic mass is 16.5. The third-order valence-corrected chi connectivity index (χ3v) is 5.38. The minimum Gasteiger partial charge on any atom is -0.493 e. The zero-order valence-electron chi connectivity index (χ0n) is 16.5. The molecule has 0 spiro atoms. The monoisotopic (exact) mass is 392 g/mol. The molecule has 150 valence electrons. The summed E-state index contributed by atoms with van der Waals surface area (Å²) in [4.78, 5) is 12.5. The van der Waals surface area contributed by atoms with Crippen LogP contribution in [0.1, 0.15) is 24.4 Å². The molecular formula is C22H24N4O3. The maximum Gasteiger partial charge on any atom is 0.223 e. The number of para-hydroxylation sites is 1. The van der Waals surface area contributed by atoms with Crippen LogP contribution in [0.3, 0.4) is 0 Å². The van der Waals surface area contributed by atoms with Crippen molar-refractivity contribution in [3.8, 4) is 22.8 Å². The molecule has 1 amide bonds. The molecule has 1 aromatic heterocycles. The summed E-state index contributed by atoms with van der Waals surface area (Å²) in [5.74, 6) is 1.34. The van der Waals surface area contributed by atoms with Gasteiger partial charge in [0.1, 0.15) is 5.69 Å². The summed E-state index contributed by atoms with van der Waals surface area (Å²) >= 11 is 0. The lowest BCUT2D eigenvalue weighted by atomic mass is 9.79. The molecular weight excluding hydrogens is 368 g/mol. The molecule has 7 nitrogen and oxygen atoms in total. The number of rotatable bonds is 7. The molecule has 0 saturated heterocycles. The number of hydrogen-bond acceptors (Lipinski definition) is 5. The summed E-state index contributed by atoms with van der Waals surface area (Å²) in [6.07, 6.45) is 3.48. The van der Waals surface area contributed by atoms with Gasteiger partial charge in [-0.25, -0.2) is 4.68 Å². The van der Waals surface area contributed by atoms with E-state index < -0.39 is 0 Å². The van der Waals surface area contributed by atoms with Gasteiger partial charge in [-0.1, -0.05) is 47.7 Å². The smallest absolute Gasteiger partial charge is 0.223 e. The first-order valence-corrected chi connectivity index (χ1v) is 9.64. The molecule has 1 heterocycles. The number of ether oxygens (including phenoxy) is 2. The van der Waals surface area contributed by atoms with E-state index in [1.807, 2.05) is 59.4 Å². The SMILES string of the molecule is COc1cccc(CNC(=O)C2CC(n3cc(-c4ccccc4)nn3)C2)c1OC. The van der Waals surface area contributed by atoms with Crippen molar-refractivity contribution in [2.45, 2.75) is 25.4 Å². The number of nitrogens with zero attached hydrogens (tertiary/aromatic N) is 3. The quantitative estimate of drug-likeness (QED) is 0.668. The third kappa shape index (κ3) is 3.94. The molecule has 3 aromatic rings. The topological polar surface area (TPSA) is 78.3 Å². The lowest BCUT2D eigenvalue weighted by Gasteiger charge is -2.33. The summed E-state index contributed by atoms with van der Waals surface area (Å²) in [7, 11) is 3.20. The molecule has 1 N–H and O–H groups in total. The molecule has 0 atom stereocenters. The van der Waals surface area contributed by atoms with Crippen LogP contribution in [-0.2, 0) is 11.3 Å². The van der Waals surface area contributed by atoms with Crippen LogP contribution in [-0.4, -0.2) is 35.1 Å². The van der Waals surface area contributed by atoms with Gasteiger partial charge in [-0.15, -0.1) is 5.10 Å². The van der Waals surface area contributed by atoms with Gasteiger partial charge >= 0.3 is 0 Å². The van der Waals surface area contributed by atoms with Gasteiger partial charge in [0, 0.05) is 23.6 Å². The first-order chi connectivity index (χ1) is 14.2.